The highest BCUT2D eigenvalue weighted by Crippen LogP contribution is 2.15. The second kappa shape index (κ2) is 32.0. The van der Waals surface area contributed by atoms with Gasteiger partial charge in [-0.05, 0) is 30.7 Å². The van der Waals surface area contributed by atoms with Gasteiger partial charge in [0.05, 0.1) is 44.7 Å². The third-order valence-electron chi connectivity index (χ3n) is 11.8. The summed E-state index contributed by atoms with van der Waals surface area (Å²) in [5.74, 6) is -16.0. The van der Waals surface area contributed by atoms with Gasteiger partial charge in [0.1, 0.15) is 91.2 Å². The molecule has 1 aromatic carbocycles. The molecule has 3 aromatic rings. The van der Waals surface area contributed by atoms with Crippen LogP contribution in [-0.2, 0) is 44.9 Å². The number of aliphatic carboxylic acids is 3. The fourth-order valence-electron chi connectivity index (χ4n) is 7.11. The van der Waals surface area contributed by atoms with Crippen LogP contribution in [0.1, 0.15) is 35.3 Å². The van der Waals surface area contributed by atoms with Crippen LogP contribution in [0.25, 0.3) is 11.2 Å². The topological polar surface area (TPSA) is 639 Å². The van der Waals surface area contributed by atoms with E-state index in [0.717, 1.165) is 0 Å². The molecule has 0 aliphatic carbocycles. The minimum Gasteiger partial charge on any atom is -0.481 e. The van der Waals surface area contributed by atoms with Crippen molar-refractivity contribution in [1.82, 2.24) is 51.8 Å². The summed E-state index contributed by atoms with van der Waals surface area (Å²) in [6, 6.07) is -9.05. The molecule has 25 N–H and O–H groups in total. The number of nitrogens with one attached hydrogen (secondary N) is 8. The number of benzene rings is 1. The molecule has 37 nitrogen and oxygen atoms in total. The van der Waals surface area contributed by atoms with Crippen molar-refractivity contribution in [1.29, 1.82) is 0 Å². The van der Waals surface area contributed by atoms with Crippen molar-refractivity contribution in [2.24, 2.45) is 0 Å². The third-order valence-corrected chi connectivity index (χ3v) is 12.1. The van der Waals surface area contributed by atoms with Gasteiger partial charge in [-0.15, -0.1) is 0 Å². The van der Waals surface area contributed by atoms with E-state index in [-0.39, 0.29) is 29.2 Å². The normalized spacial score (nSPS) is 16.9. The number of hydrogen-bond donors (Lipinski definition) is 25. The summed E-state index contributed by atoms with van der Waals surface area (Å²) in [5, 5.41) is 166. The first-order valence-electron chi connectivity index (χ1n) is 23.9. The molecule has 15 atom stereocenters. The van der Waals surface area contributed by atoms with E-state index in [1.807, 2.05) is 5.32 Å². The van der Waals surface area contributed by atoms with Gasteiger partial charge in [0.2, 0.25) is 35.5 Å². The number of carboxylic acid groups (broad SMARTS) is 3. The molecular weight excluding hydrogens is 1130 g/mol. The smallest absolute Gasteiger partial charge is 0.327 e. The van der Waals surface area contributed by atoms with Gasteiger partial charge in [-0.3, -0.25) is 43.3 Å². The number of H-pyrrole nitrogens is 1. The van der Waals surface area contributed by atoms with Gasteiger partial charge >= 0.3 is 17.9 Å². The highest BCUT2D eigenvalue weighted by Gasteiger charge is 2.44. The minimum absolute atomic E-state index is 0.00368. The van der Waals surface area contributed by atoms with Crippen LogP contribution in [0.3, 0.4) is 0 Å². The number of carboxylic acids is 3. The van der Waals surface area contributed by atoms with Crippen molar-refractivity contribution < 1.29 is 120 Å². The molecule has 3 rings (SSSR count). The number of aliphatic hydroxyl groups is 12. The number of aliphatic hydroxyl groups excluding tert-OH is 12. The fourth-order valence-corrected chi connectivity index (χ4v) is 7.36. The standard InChI is InChI=1S/C44H62N12O25S/c45-44-55-35-28(41(77)56-44)48-16(9-47-35)8-46-15-3-1-14(2-4-15)36(72)49-17(42(78)79)5-6-23(63)52-25(32(69)29(66)20(60)10-57)38(74)50-18(7-24(64)65)37(73)53-27(34(71)31(68)22(62)12-59)40(76)54-26(33(70)30(67)21(61)11-58)39(75)51-19(13-82)43(80)81/h1-4,9,17-22,25-27,29-34,46,57-62,66-71,82H,5-8,10-13H2,(H,49,72)(H,50,74)(H,51,75)(H,52,63)(H,53,73)(H,54,76)(H,64,65)(H,78,79)(H,80,81)(H3,45,47,55,56,77)/t17-,18-,19+,20+,21+,22+,25-,26-,27-,29+,30+,31+,32+,33+,34+/m0/s1. The van der Waals surface area contributed by atoms with E-state index in [4.69, 9.17) is 5.73 Å². The average molecular weight is 1190 g/mol. The largest absolute Gasteiger partial charge is 0.481 e. The molecule has 0 fully saturated rings. The van der Waals surface area contributed by atoms with Crippen LogP contribution in [0.2, 0.25) is 0 Å². The quantitative estimate of drug-likeness (QED) is 0.0247. The van der Waals surface area contributed by atoms with Crippen molar-refractivity contribution >= 4 is 88.8 Å². The maximum Gasteiger partial charge on any atom is 0.327 e. The Kier molecular flexibility index (Phi) is 26.7. The molecule has 454 valence electrons. The lowest BCUT2D eigenvalue weighted by molar-refractivity contribution is -0.148. The van der Waals surface area contributed by atoms with Crippen LogP contribution < -0.4 is 48.5 Å². The zero-order valence-corrected chi connectivity index (χ0v) is 43.3. The van der Waals surface area contributed by atoms with Gasteiger partial charge in [0.15, 0.2) is 11.2 Å². The maximum atomic E-state index is 13.9. The monoisotopic (exact) mass is 1190 g/mol. The first kappa shape index (κ1) is 68.4. The number of nitrogens with zero attached hydrogens (tertiary/aromatic N) is 3. The summed E-state index contributed by atoms with van der Waals surface area (Å²) in [5.41, 5.74) is 5.43. The Morgan fingerprint density at radius 3 is 1.51 bits per heavy atom. The average Bonchev–Trinajstić information content (AvgIpc) is 3.62. The van der Waals surface area contributed by atoms with E-state index in [0.29, 0.717) is 11.4 Å². The van der Waals surface area contributed by atoms with Crippen LogP contribution in [-0.4, -0.2) is 267 Å². The molecule has 0 radical (unpaired) electrons. The van der Waals surface area contributed by atoms with Crippen LogP contribution >= 0.6 is 12.6 Å². The Morgan fingerprint density at radius 2 is 1.05 bits per heavy atom. The number of hydrogen-bond acceptors (Lipinski definition) is 28. The summed E-state index contributed by atoms with van der Waals surface area (Å²) >= 11 is 3.75. The van der Waals surface area contributed by atoms with Gasteiger partial charge in [0.25, 0.3) is 11.5 Å². The second-order valence-corrected chi connectivity index (χ2v) is 18.1. The molecular formula is C44H62N12O25S. The van der Waals surface area contributed by atoms with Crippen LogP contribution in [0.15, 0.2) is 35.3 Å². The molecule has 0 saturated carbocycles. The van der Waals surface area contributed by atoms with Crippen molar-refractivity contribution in [2.45, 2.75) is 117 Å². The zero-order chi connectivity index (χ0) is 61.9. The Morgan fingerprint density at radius 1 is 0.585 bits per heavy atom. The number of carbonyl (C=O) groups excluding carboxylic acids is 6. The summed E-state index contributed by atoms with van der Waals surface area (Å²) < 4.78 is 0. The number of fused-ring (bicyclic) bond motifs is 1. The summed E-state index contributed by atoms with van der Waals surface area (Å²) in [7, 11) is 0. The Bertz CT molecular complexity index is 2780. The molecule has 0 aliphatic heterocycles. The van der Waals surface area contributed by atoms with Gasteiger partial charge in [-0.2, -0.15) is 17.6 Å². The molecule has 0 bridgehead atoms. The van der Waals surface area contributed by atoms with Gasteiger partial charge in [-0.25, -0.2) is 19.6 Å². The van der Waals surface area contributed by atoms with E-state index < -0.39 is 195 Å². The highest BCUT2D eigenvalue weighted by atomic mass is 32.1. The first-order chi connectivity index (χ1) is 38.5. The number of carbonyl (C=O) groups is 9. The predicted molar refractivity (Wildman–Crippen MR) is 273 cm³/mol. The molecule has 6 amide bonds. The Hall–Kier alpha value is -7.86. The van der Waals surface area contributed by atoms with Crippen LogP contribution in [0, 0.1) is 0 Å². The van der Waals surface area contributed by atoms with Crippen molar-refractivity contribution in [3.8, 4) is 0 Å². The molecule has 0 aliphatic rings. The number of aromatic nitrogens is 4. The first-order valence-corrected chi connectivity index (χ1v) is 24.5. The van der Waals surface area contributed by atoms with Gasteiger partial charge in [0, 0.05) is 23.4 Å². The molecule has 82 heavy (non-hydrogen) atoms. The molecule has 2 heterocycles. The van der Waals surface area contributed by atoms with E-state index in [2.05, 4.69) is 43.2 Å². The number of rotatable bonds is 34. The van der Waals surface area contributed by atoms with E-state index in [9.17, 15) is 125 Å². The Balaban J connectivity index is 1.87. The Labute approximate surface area is 465 Å². The van der Waals surface area contributed by atoms with Crippen LogP contribution in [0.5, 0.6) is 0 Å². The maximum absolute atomic E-state index is 13.9. The molecule has 0 saturated heterocycles. The third kappa shape index (κ3) is 19.4. The molecule has 38 heteroatoms. The number of nitrogen functional groups attached to an aromatic ring is 1. The van der Waals surface area contributed by atoms with E-state index in [1.165, 1.54) is 30.5 Å². The number of amides is 6. The number of thiol groups is 1. The zero-order valence-electron chi connectivity index (χ0n) is 42.4. The van der Waals surface area contributed by atoms with E-state index in [1.54, 1.807) is 21.3 Å². The molecule has 2 aromatic heterocycles. The van der Waals surface area contributed by atoms with Crippen molar-refractivity contribution in [3.63, 3.8) is 0 Å². The lowest BCUT2D eigenvalue weighted by atomic mass is 9.96. The van der Waals surface area contributed by atoms with Crippen LogP contribution in [0.4, 0.5) is 11.6 Å². The fraction of sp³-hybridized carbons (Fsp3) is 0.523. The minimum atomic E-state index is -2.87. The number of aromatic amines is 1. The number of anilines is 2. The number of nitrogens with two attached hydrogens (primary N) is 1. The molecule has 0 unspecified atom stereocenters. The lowest BCUT2D eigenvalue weighted by Crippen LogP contribution is -2.67. The van der Waals surface area contributed by atoms with Crippen molar-refractivity contribution in [2.75, 3.05) is 36.6 Å². The highest BCUT2D eigenvalue weighted by molar-refractivity contribution is 7.80. The van der Waals surface area contributed by atoms with Crippen molar-refractivity contribution in [3.05, 3.63) is 52.1 Å². The molecule has 0 spiro atoms. The lowest BCUT2D eigenvalue weighted by Gasteiger charge is -2.33. The summed E-state index contributed by atoms with van der Waals surface area (Å²) in [4.78, 5) is 144. The van der Waals surface area contributed by atoms with Gasteiger partial charge in [-0.1, -0.05) is 0 Å². The second-order valence-electron chi connectivity index (χ2n) is 17.8. The van der Waals surface area contributed by atoms with Gasteiger partial charge < -0.3 is 120 Å². The SMILES string of the molecule is Nc1nc2ncc(CNc3ccc(C(=O)N[C@@H](CCC(=O)N[C@H](C(=O)N[C@@H](CC(=O)O)C(=O)N[C@H](C(=O)N[C@H](C(=O)N[C@H](CS)C(=O)O)[C@@H](O)[C@H](O)[C@H](O)CO)[C@@H](O)[C@H](O)[C@H](O)CO)[C@@H](O)[C@H](O)[C@H](O)CO)C(=O)O)cc3)nc2c(=O)[nH]1. The summed E-state index contributed by atoms with van der Waals surface area (Å²) in [6.07, 6.45) is -25.0. The summed E-state index contributed by atoms with van der Waals surface area (Å²) in [6.45, 7) is -3.94. The van der Waals surface area contributed by atoms with E-state index >= 15 is 0 Å². The predicted octanol–water partition coefficient (Wildman–Crippen LogP) is -12.0.